The first-order valence-corrected chi connectivity index (χ1v) is 6.59. The Hall–Kier alpha value is -1.65. The normalized spacial score (nSPS) is 11.0. The number of hydrogen-bond donors (Lipinski definition) is 0. The zero-order valence-corrected chi connectivity index (χ0v) is 11.1. The number of aryl methyl sites for hydroxylation is 1. The predicted molar refractivity (Wildman–Crippen MR) is 73.8 cm³/mol. The van der Waals surface area contributed by atoms with E-state index in [2.05, 4.69) is 4.98 Å². The lowest BCUT2D eigenvalue weighted by molar-refractivity contribution is -0.612. The minimum absolute atomic E-state index is 0.670. The molecule has 3 nitrogen and oxygen atoms in total. The Balaban J connectivity index is 2.19. The van der Waals surface area contributed by atoms with Gasteiger partial charge in [0.15, 0.2) is 11.9 Å². The Morgan fingerprint density at radius 2 is 2.17 bits per heavy atom. The van der Waals surface area contributed by atoms with Gasteiger partial charge in [0, 0.05) is 35.7 Å². The highest BCUT2D eigenvalue weighted by atomic mass is 35.5. The first kappa shape index (κ1) is 11.4. The molecule has 0 aromatic carbocycles. The third-order valence-electron chi connectivity index (χ3n) is 2.75. The summed E-state index contributed by atoms with van der Waals surface area (Å²) in [6.07, 6.45) is 3.22. The van der Waals surface area contributed by atoms with Crippen molar-refractivity contribution in [3.8, 4) is 10.4 Å². The number of hydrogen-bond acceptors (Lipinski definition) is 3. The van der Waals surface area contributed by atoms with Gasteiger partial charge in [-0.2, -0.15) is 4.73 Å². The van der Waals surface area contributed by atoms with Crippen molar-refractivity contribution in [2.24, 2.45) is 0 Å². The fraction of sp³-hybridized carbons (Fsp3) is 0.0769. The molecule has 90 valence electrons. The lowest BCUT2D eigenvalue weighted by atomic mass is 10.2. The number of halogens is 1. The quantitative estimate of drug-likeness (QED) is 0.504. The molecule has 3 heterocycles. The van der Waals surface area contributed by atoms with Gasteiger partial charge in [-0.15, -0.1) is 11.3 Å². The molecule has 0 aliphatic rings. The van der Waals surface area contributed by atoms with Gasteiger partial charge in [0.05, 0.1) is 15.2 Å². The Kier molecular flexibility index (Phi) is 2.69. The number of thiophene rings is 1. The fourth-order valence-electron chi connectivity index (χ4n) is 1.80. The molecule has 3 rings (SSSR count). The average molecular weight is 277 g/mol. The molecular weight excluding hydrogens is 268 g/mol. The first-order chi connectivity index (χ1) is 8.65. The summed E-state index contributed by atoms with van der Waals surface area (Å²) in [5.74, 6) is 0. The second-order valence-corrected chi connectivity index (χ2v) is 5.46. The minimum Gasteiger partial charge on any atom is -0.619 e. The Morgan fingerprint density at radius 3 is 2.89 bits per heavy atom. The van der Waals surface area contributed by atoms with Crippen molar-refractivity contribution in [3.63, 3.8) is 0 Å². The number of pyridine rings is 2. The summed E-state index contributed by atoms with van der Waals surface area (Å²) in [4.78, 5) is 5.35. The summed E-state index contributed by atoms with van der Waals surface area (Å²) in [6.45, 7) is 1.79. The van der Waals surface area contributed by atoms with Crippen molar-refractivity contribution in [2.75, 3.05) is 0 Å². The van der Waals surface area contributed by atoms with Crippen LogP contribution in [0.4, 0.5) is 0 Å². The van der Waals surface area contributed by atoms with E-state index in [0.717, 1.165) is 25.4 Å². The lowest BCUT2D eigenvalue weighted by Gasteiger charge is -2.01. The molecule has 0 aliphatic heterocycles. The molecule has 0 unspecified atom stereocenters. The lowest BCUT2D eigenvalue weighted by Crippen LogP contribution is -2.28. The van der Waals surface area contributed by atoms with Crippen LogP contribution in [0.3, 0.4) is 0 Å². The zero-order valence-electron chi connectivity index (χ0n) is 9.55. The molecule has 0 aliphatic carbocycles. The maximum absolute atomic E-state index is 11.3. The summed E-state index contributed by atoms with van der Waals surface area (Å²) < 4.78 is 1.83. The van der Waals surface area contributed by atoms with Gasteiger partial charge in [0.1, 0.15) is 0 Å². The molecule has 0 fully saturated rings. The molecule has 0 bridgehead atoms. The molecule has 3 aromatic rings. The molecule has 18 heavy (non-hydrogen) atoms. The summed E-state index contributed by atoms with van der Waals surface area (Å²) in [5.41, 5.74) is 2.57. The van der Waals surface area contributed by atoms with Crippen LogP contribution in [-0.4, -0.2) is 4.98 Å². The third-order valence-corrected chi connectivity index (χ3v) is 4.38. The van der Waals surface area contributed by atoms with E-state index in [4.69, 9.17) is 11.6 Å². The van der Waals surface area contributed by atoms with Gasteiger partial charge in [-0.25, -0.2) is 0 Å². The van der Waals surface area contributed by atoms with E-state index < -0.39 is 0 Å². The predicted octanol–water partition coefficient (Wildman–Crippen LogP) is 3.56. The van der Waals surface area contributed by atoms with Gasteiger partial charge in [0.25, 0.3) is 0 Å². The molecule has 0 spiro atoms. The Bertz CT molecular complexity index is 739. The first-order valence-electron chi connectivity index (χ1n) is 5.39. The van der Waals surface area contributed by atoms with Gasteiger partial charge >= 0.3 is 0 Å². The van der Waals surface area contributed by atoms with Crippen LogP contribution in [0.15, 0.2) is 36.7 Å². The van der Waals surface area contributed by atoms with Gasteiger partial charge in [-0.3, -0.25) is 4.98 Å². The van der Waals surface area contributed by atoms with Crippen LogP contribution in [0.5, 0.6) is 0 Å². The van der Waals surface area contributed by atoms with E-state index in [1.54, 1.807) is 36.6 Å². The monoisotopic (exact) mass is 276 g/mol. The fourth-order valence-corrected chi connectivity index (χ4v) is 3.09. The van der Waals surface area contributed by atoms with Crippen LogP contribution in [0.1, 0.15) is 5.69 Å². The van der Waals surface area contributed by atoms with Crippen LogP contribution >= 0.6 is 22.9 Å². The molecule has 0 amide bonds. The maximum atomic E-state index is 11.3. The minimum atomic E-state index is 0.670. The van der Waals surface area contributed by atoms with Crippen molar-refractivity contribution in [2.45, 2.75) is 6.92 Å². The number of nitrogens with zero attached hydrogens (tertiary/aromatic N) is 2. The SMILES string of the molecule is Cc1cc(-c2cc3nccc(Cl)c3s2)cc[n+]1[O-]. The van der Waals surface area contributed by atoms with E-state index in [-0.39, 0.29) is 0 Å². The van der Waals surface area contributed by atoms with E-state index in [1.165, 1.54) is 6.20 Å². The highest BCUT2D eigenvalue weighted by molar-refractivity contribution is 7.22. The summed E-state index contributed by atoms with van der Waals surface area (Å²) >= 11 is 7.72. The topological polar surface area (TPSA) is 39.8 Å². The van der Waals surface area contributed by atoms with Gasteiger partial charge in [0.2, 0.25) is 0 Å². The van der Waals surface area contributed by atoms with Gasteiger partial charge in [-0.05, 0) is 12.1 Å². The van der Waals surface area contributed by atoms with E-state index in [1.807, 2.05) is 12.1 Å². The van der Waals surface area contributed by atoms with Crippen molar-refractivity contribution < 1.29 is 4.73 Å². The number of fused-ring (bicyclic) bond motifs is 1. The van der Waals surface area contributed by atoms with E-state index in [9.17, 15) is 5.21 Å². The molecular formula is C13H9ClN2OS. The molecule has 0 radical (unpaired) electrons. The average Bonchev–Trinajstić information content (AvgIpc) is 2.78. The summed E-state index contributed by atoms with van der Waals surface area (Å²) in [6, 6.07) is 7.45. The van der Waals surface area contributed by atoms with Crippen LogP contribution in [-0.2, 0) is 0 Å². The summed E-state index contributed by atoms with van der Waals surface area (Å²) in [7, 11) is 0. The van der Waals surface area contributed by atoms with Crippen LogP contribution in [0.25, 0.3) is 20.7 Å². The van der Waals surface area contributed by atoms with E-state index >= 15 is 0 Å². The van der Waals surface area contributed by atoms with E-state index in [0.29, 0.717) is 10.7 Å². The molecule has 0 atom stereocenters. The highest BCUT2D eigenvalue weighted by Gasteiger charge is 2.10. The molecule has 0 saturated heterocycles. The molecule has 0 saturated carbocycles. The largest absolute Gasteiger partial charge is 0.619 e. The maximum Gasteiger partial charge on any atom is 0.190 e. The smallest absolute Gasteiger partial charge is 0.190 e. The molecule has 5 heteroatoms. The third kappa shape index (κ3) is 1.83. The highest BCUT2D eigenvalue weighted by Crippen LogP contribution is 2.35. The van der Waals surface area contributed by atoms with Gasteiger partial charge in [-0.1, -0.05) is 11.6 Å². The summed E-state index contributed by atoms with van der Waals surface area (Å²) in [5, 5.41) is 12.0. The van der Waals surface area contributed by atoms with Crippen LogP contribution in [0.2, 0.25) is 5.02 Å². The number of aromatic nitrogens is 2. The second-order valence-electron chi connectivity index (χ2n) is 4.00. The van der Waals surface area contributed by atoms with Crippen molar-refractivity contribution in [1.82, 2.24) is 4.98 Å². The van der Waals surface area contributed by atoms with Crippen molar-refractivity contribution in [3.05, 3.63) is 52.6 Å². The Morgan fingerprint density at radius 1 is 1.33 bits per heavy atom. The van der Waals surface area contributed by atoms with Crippen molar-refractivity contribution >= 4 is 33.2 Å². The number of rotatable bonds is 1. The molecule has 3 aromatic heterocycles. The molecule has 0 N–H and O–H groups in total. The standard InChI is InChI=1S/C13H9ClN2OS/c1-8-6-9(3-5-16(8)17)12-7-11-13(18-12)10(14)2-4-15-11/h2-7H,1H3. The Labute approximate surface area is 113 Å². The van der Waals surface area contributed by atoms with Crippen LogP contribution in [0, 0.1) is 12.1 Å². The second kappa shape index (κ2) is 4.23. The van der Waals surface area contributed by atoms with Crippen molar-refractivity contribution in [1.29, 1.82) is 0 Å². The van der Waals surface area contributed by atoms with Crippen LogP contribution < -0.4 is 4.73 Å². The van der Waals surface area contributed by atoms with Gasteiger partial charge < -0.3 is 5.21 Å². The zero-order chi connectivity index (χ0) is 12.7.